The van der Waals surface area contributed by atoms with Crippen LogP contribution in [0, 0.1) is 13.8 Å². The Morgan fingerprint density at radius 1 is 0.756 bits per heavy atom. The van der Waals surface area contributed by atoms with Crippen molar-refractivity contribution in [2.75, 3.05) is 0 Å². The third-order valence-corrected chi connectivity index (χ3v) is 7.18. The lowest BCUT2D eigenvalue weighted by molar-refractivity contribution is -0.129. The Bertz CT molecular complexity index is 1620. The number of aliphatic imine (C=N–C) groups is 1. The van der Waals surface area contributed by atoms with E-state index < -0.39 is 5.97 Å². The first-order valence-corrected chi connectivity index (χ1v) is 13.8. The zero-order chi connectivity index (χ0) is 29.0. The van der Waals surface area contributed by atoms with Gasteiger partial charge in [-0.05, 0) is 83.0 Å². The number of rotatable bonds is 8. The van der Waals surface area contributed by atoms with Crippen LogP contribution in [0.4, 0.5) is 0 Å². The van der Waals surface area contributed by atoms with Crippen LogP contribution in [0.15, 0.2) is 102 Å². The third kappa shape index (κ3) is 6.75. The number of benzene rings is 4. The van der Waals surface area contributed by atoms with Crippen molar-refractivity contribution < 1.29 is 19.0 Å². The van der Waals surface area contributed by atoms with E-state index in [9.17, 15) is 4.79 Å². The quantitative estimate of drug-likeness (QED) is 0.166. The molecule has 1 aliphatic heterocycles. The van der Waals surface area contributed by atoms with Gasteiger partial charge in [-0.1, -0.05) is 87.5 Å². The maximum absolute atomic E-state index is 12.7. The van der Waals surface area contributed by atoms with Gasteiger partial charge in [-0.15, -0.1) is 0 Å². The van der Waals surface area contributed by atoms with Crippen LogP contribution >= 0.6 is 0 Å². The number of ether oxygens (including phenoxy) is 3. The van der Waals surface area contributed by atoms with Crippen LogP contribution < -0.4 is 9.47 Å². The van der Waals surface area contributed by atoms with Crippen LogP contribution in [0.2, 0.25) is 0 Å². The lowest BCUT2D eigenvalue weighted by Gasteiger charge is -2.18. The molecule has 0 N–H and O–H groups in total. The Hall–Kier alpha value is -4.64. The number of cyclic esters (lactones) is 1. The van der Waals surface area contributed by atoms with E-state index in [0.717, 1.165) is 33.4 Å². The molecule has 0 spiro atoms. The second-order valence-corrected chi connectivity index (χ2v) is 11.3. The maximum Gasteiger partial charge on any atom is 0.363 e. The smallest absolute Gasteiger partial charge is 0.363 e. The number of hydrogen-bond acceptors (Lipinski definition) is 5. The first-order valence-electron chi connectivity index (χ1n) is 13.8. The minimum Gasteiger partial charge on any atom is -0.485 e. The third-order valence-electron chi connectivity index (χ3n) is 7.18. The molecule has 0 unspecified atom stereocenters. The molecule has 5 nitrogen and oxygen atoms in total. The molecule has 5 rings (SSSR count). The highest BCUT2D eigenvalue weighted by atomic mass is 16.6. The fourth-order valence-electron chi connectivity index (χ4n) is 4.50. The monoisotopic (exact) mass is 545 g/mol. The van der Waals surface area contributed by atoms with E-state index in [0.29, 0.717) is 30.6 Å². The summed E-state index contributed by atoms with van der Waals surface area (Å²) in [6, 6.07) is 29.9. The Labute approximate surface area is 242 Å². The van der Waals surface area contributed by atoms with Crippen molar-refractivity contribution >= 4 is 17.9 Å². The molecule has 41 heavy (non-hydrogen) atoms. The van der Waals surface area contributed by atoms with Crippen molar-refractivity contribution in [1.82, 2.24) is 0 Å². The molecular weight excluding hydrogens is 510 g/mol. The minimum atomic E-state index is -0.484. The number of carbonyl (C=O) groups excluding carboxylic acids is 1. The van der Waals surface area contributed by atoms with Crippen molar-refractivity contribution in [2.45, 2.75) is 53.2 Å². The lowest BCUT2D eigenvalue weighted by Crippen LogP contribution is -2.11. The molecule has 0 atom stereocenters. The largest absolute Gasteiger partial charge is 0.485 e. The molecular formula is C36H35NO4. The Morgan fingerprint density at radius 3 is 1.93 bits per heavy atom. The van der Waals surface area contributed by atoms with E-state index in [1.165, 1.54) is 5.56 Å². The summed E-state index contributed by atoms with van der Waals surface area (Å²) >= 11 is 0. The van der Waals surface area contributed by atoms with Gasteiger partial charge < -0.3 is 14.2 Å². The molecule has 0 amide bonds. The average Bonchev–Trinajstić information content (AvgIpc) is 3.32. The average molecular weight is 546 g/mol. The highest BCUT2D eigenvalue weighted by Gasteiger charge is 2.25. The summed E-state index contributed by atoms with van der Waals surface area (Å²) in [5.41, 5.74) is 7.50. The van der Waals surface area contributed by atoms with Gasteiger partial charge in [0, 0.05) is 5.56 Å². The van der Waals surface area contributed by atoms with Gasteiger partial charge in [-0.2, -0.15) is 0 Å². The molecule has 0 bridgehead atoms. The molecule has 0 fully saturated rings. The van der Waals surface area contributed by atoms with Crippen LogP contribution in [-0.2, 0) is 28.2 Å². The fraction of sp³-hybridized carbons (Fsp3) is 0.222. The first-order chi connectivity index (χ1) is 19.7. The van der Waals surface area contributed by atoms with E-state index >= 15 is 0 Å². The summed E-state index contributed by atoms with van der Waals surface area (Å²) in [4.78, 5) is 17.2. The predicted octanol–water partition coefficient (Wildman–Crippen LogP) is 8.10. The van der Waals surface area contributed by atoms with Gasteiger partial charge in [0.25, 0.3) is 0 Å². The second kappa shape index (κ2) is 11.8. The molecule has 1 heterocycles. The predicted molar refractivity (Wildman–Crippen MR) is 163 cm³/mol. The van der Waals surface area contributed by atoms with Gasteiger partial charge in [-0.25, -0.2) is 9.79 Å². The van der Waals surface area contributed by atoms with Crippen LogP contribution in [0.25, 0.3) is 6.08 Å². The fourth-order valence-corrected chi connectivity index (χ4v) is 4.50. The summed E-state index contributed by atoms with van der Waals surface area (Å²) in [7, 11) is 0. The highest BCUT2D eigenvalue weighted by Crippen LogP contribution is 2.32. The van der Waals surface area contributed by atoms with E-state index in [2.05, 4.69) is 57.8 Å². The molecule has 4 aromatic carbocycles. The van der Waals surface area contributed by atoms with E-state index in [1.807, 2.05) is 72.8 Å². The number of hydrogen-bond donors (Lipinski definition) is 0. The molecule has 1 aliphatic rings. The van der Waals surface area contributed by atoms with Crippen molar-refractivity contribution in [3.05, 3.63) is 136 Å². The van der Waals surface area contributed by atoms with E-state index in [-0.39, 0.29) is 11.1 Å². The molecule has 0 aliphatic carbocycles. The van der Waals surface area contributed by atoms with Gasteiger partial charge >= 0.3 is 5.97 Å². The van der Waals surface area contributed by atoms with E-state index in [4.69, 9.17) is 14.2 Å². The molecule has 4 aromatic rings. The first kappa shape index (κ1) is 27.9. The highest BCUT2D eigenvalue weighted by molar-refractivity contribution is 6.12. The van der Waals surface area contributed by atoms with Crippen molar-refractivity contribution in [3.63, 3.8) is 0 Å². The van der Waals surface area contributed by atoms with Crippen LogP contribution in [0.5, 0.6) is 11.5 Å². The summed E-state index contributed by atoms with van der Waals surface area (Å²) < 4.78 is 18.0. The number of carbonyl (C=O) groups is 1. The van der Waals surface area contributed by atoms with E-state index in [1.54, 1.807) is 6.08 Å². The molecule has 0 radical (unpaired) electrons. The SMILES string of the molecule is Cc1ccccc1COc1ccc(C=C2N=C(c3ccc(C(C)(C)C)cc3)OC2=O)cc1OCc1ccccc1C. The van der Waals surface area contributed by atoms with Gasteiger partial charge in [0.2, 0.25) is 5.90 Å². The van der Waals surface area contributed by atoms with Crippen molar-refractivity contribution in [3.8, 4) is 11.5 Å². The summed E-state index contributed by atoms with van der Waals surface area (Å²) in [6.45, 7) is 11.4. The lowest BCUT2D eigenvalue weighted by atomic mass is 9.87. The Balaban J connectivity index is 1.41. The Kier molecular flexibility index (Phi) is 8.06. The standard InChI is InChI=1S/C36H35NO4/c1-24-10-6-8-12-28(24)22-39-32-19-14-26(21-33(32)40-23-29-13-9-7-11-25(29)2)20-31-35(38)41-34(37-31)27-15-17-30(18-16-27)36(3,4)5/h6-21H,22-23H2,1-5H3. The topological polar surface area (TPSA) is 57.1 Å². The van der Waals surface area contributed by atoms with Crippen LogP contribution in [-0.4, -0.2) is 11.9 Å². The Morgan fingerprint density at radius 2 is 1.34 bits per heavy atom. The normalized spacial score (nSPS) is 14.1. The van der Waals surface area contributed by atoms with Gasteiger partial charge in [0.15, 0.2) is 17.2 Å². The zero-order valence-corrected chi connectivity index (χ0v) is 24.2. The molecule has 0 saturated heterocycles. The van der Waals surface area contributed by atoms with Crippen LogP contribution in [0.3, 0.4) is 0 Å². The molecule has 0 aromatic heterocycles. The molecule has 208 valence electrons. The number of esters is 1. The molecule has 0 saturated carbocycles. The summed E-state index contributed by atoms with van der Waals surface area (Å²) in [6.07, 6.45) is 1.71. The molecule has 5 heteroatoms. The van der Waals surface area contributed by atoms with Crippen LogP contribution in [0.1, 0.15) is 59.7 Å². The van der Waals surface area contributed by atoms with Gasteiger partial charge in [0.05, 0.1) is 0 Å². The maximum atomic E-state index is 12.7. The minimum absolute atomic E-state index is 0.0343. The van der Waals surface area contributed by atoms with Crippen molar-refractivity contribution in [1.29, 1.82) is 0 Å². The number of aryl methyl sites for hydroxylation is 2. The second-order valence-electron chi connectivity index (χ2n) is 11.3. The number of nitrogens with zero attached hydrogens (tertiary/aromatic N) is 1. The van der Waals surface area contributed by atoms with Crippen molar-refractivity contribution in [2.24, 2.45) is 4.99 Å². The zero-order valence-electron chi connectivity index (χ0n) is 24.2. The van der Waals surface area contributed by atoms with Gasteiger partial charge in [0.1, 0.15) is 13.2 Å². The van der Waals surface area contributed by atoms with Gasteiger partial charge in [-0.3, -0.25) is 0 Å². The summed E-state index contributed by atoms with van der Waals surface area (Å²) in [5, 5.41) is 0. The summed E-state index contributed by atoms with van der Waals surface area (Å²) in [5.74, 6) is 1.03.